The number of rotatable bonds is 5. The van der Waals surface area contributed by atoms with Crippen molar-refractivity contribution in [2.45, 2.75) is 6.92 Å². The third kappa shape index (κ3) is 3.64. The summed E-state index contributed by atoms with van der Waals surface area (Å²) >= 11 is 0. The van der Waals surface area contributed by atoms with Crippen molar-refractivity contribution in [3.63, 3.8) is 0 Å². The minimum absolute atomic E-state index is 0.101. The maximum atomic E-state index is 12.0. The lowest BCUT2D eigenvalue weighted by molar-refractivity contribution is -0.384. The molecule has 2 heterocycles. The van der Waals surface area contributed by atoms with Gasteiger partial charge in [-0.15, -0.1) is 0 Å². The molecule has 0 unspecified atom stereocenters. The number of nitrogens with one attached hydrogen (secondary N) is 3. The van der Waals surface area contributed by atoms with E-state index in [1.165, 1.54) is 24.4 Å². The molecule has 26 heavy (non-hydrogen) atoms. The number of aromatic amines is 1. The number of pyridine rings is 1. The molecule has 0 aliphatic rings. The second kappa shape index (κ2) is 6.97. The molecule has 0 bridgehead atoms. The van der Waals surface area contributed by atoms with Crippen LogP contribution in [0.2, 0.25) is 0 Å². The van der Waals surface area contributed by atoms with Crippen molar-refractivity contribution in [2.24, 2.45) is 0 Å². The van der Waals surface area contributed by atoms with E-state index in [1.54, 1.807) is 6.07 Å². The Morgan fingerprint density at radius 3 is 2.88 bits per heavy atom. The number of H-pyrrole nitrogens is 1. The molecular weight excluding hydrogens is 340 g/mol. The van der Waals surface area contributed by atoms with Crippen LogP contribution in [0.4, 0.5) is 11.4 Å². The highest BCUT2D eigenvalue weighted by Gasteiger charge is 2.13. The predicted octanol–water partition coefficient (Wildman–Crippen LogP) is 1.54. The maximum absolute atomic E-state index is 12.0. The summed E-state index contributed by atoms with van der Waals surface area (Å²) in [5.41, 5.74) is 1.74. The number of hydrogen-bond donors (Lipinski definition) is 3. The zero-order chi connectivity index (χ0) is 18.7. The smallest absolute Gasteiger partial charge is 0.270 e. The molecule has 10 nitrogen and oxygen atoms in total. The van der Waals surface area contributed by atoms with Crippen LogP contribution in [-0.4, -0.2) is 38.5 Å². The summed E-state index contributed by atoms with van der Waals surface area (Å²) < 4.78 is 0. The molecule has 2 amide bonds. The van der Waals surface area contributed by atoms with Crippen LogP contribution in [0.1, 0.15) is 16.1 Å². The number of benzene rings is 1. The number of fused-ring (bicyclic) bond motifs is 1. The van der Waals surface area contributed by atoms with Gasteiger partial charge < -0.3 is 10.6 Å². The first-order valence-corrected chi connectivity index (χ1v) is 7.57. The van der Waals surface area contributed by atoms with E-state index in [4.69, 9.17) is 0 Å². The number of aryl methyl sites for hydroxylation is 1. The molecule has 0 aliphatic carbocycles. The largest absolute Gasteiger partial charge is 0.343 e. The average Bonchev–Trinajstić information content (AvgIpc) is 3.00. The number of nitro groups is 1. The normalized spacial score (nSPS) is 10.5. The number of hydrogen-bond acceptors (Lipinski definition) is 6. The molecule has 1 aromatic carbocycles. The standard InChI is InChI=1S/C16H14N6O4/c1-9-13-6-11(7-17-15(13)21-20-9)19-14(23)8-18-16(24)10-3-2-4-12(5-10)22(25)26/h2-7H,8H2,1H3,(H,18,24)(H,19,23)(H,17,20,21). The van der Waals surface area contributed by atoms with Gasteiger partial charge in [0.25, 0.3) is 11.6 Å². The first-order valence-electron chi connectivity index (χ1n) is 7.57. The molecule has 0 aliphatic heterocycles. The van der Waals surface area contributed by atoms with E-state index in [-0.39, 0.29) is 17.8 Å². The third-order valence-electron chi connectivity index (χ3n) is 3.61. The first kappa shape index (κ1) is 17.0. The van der Waals surface area contributed by atoms with E-state index in [0.717, 1.165) is 17.1 Å². The molecule has 3 N–H and O–H groups in total. The fraction of sp³-hybridized carbons (Fsp3) is 0.125. The molecular formula is C16H14N6O4. The second-order valence-electron chi connectivity index (χ2n) is 5.48. The quantitative estimate of drug-likeness (QED) is 0.468. The number of non-ortho nitro benzene ring substituents is 1. The molecule has 0 saturated carbocycles. The average molecular weight is 354 g/mol. The van der Waals surface area contributed by atoms with Crippen LogP contribution >= 0.6 is 0 Å². The summed E-state index contributed by atoms with van der Waals surface area (Å²) in [6, 6.07) is 6.99. The second-order valence-corrected chi connectivity index (χ2v) is 5.48. The number of anilines is 1. The van der Waals surface area contributed by atoms with Gasteiger partial charge in [-0.1, -0.05) is 6.07 Å². The van der Waals surface area contributed by atoms with E-state index in [9.17, 15) is 19.7 Å². The fourth-order valence-corrected chi connectivity index (χ4v) is 2.32. The van der Waals surface area contributed by atoms with E-state index in [2.05, 4.69) is 25.8 Å². The molecule has 0 atom stereocenters. The van der Waals surface area contributed by atoms with Crippen LogP contribution < -0.4 is 10.6 Å². The van der Waals surface area contributed by atoms with E-state index >= 15 is 0 Å². The Kier molecular flexibility index (Phi) is 4.56. The van der Waals surface area contributed by atoms with Crippen molar-refractivity contribution in [1.29, 1.82) is 0 Å². The molecule has 0 fully saturated rings. The van der Waals surface area contributed by atoms with Gasteiger partial charge in [-0.2, -0.15) is 5.10 Å². The highest BCUT2D eigenvalue weighted by Crippen LogP contribution is 2.17. The topological polar surface area (TPSA) is 143 Å². The zero-order valence-corrected chi connectivity index (χ0v) is 13.6. The van der Waals surface area contributed by atoms with Crippen LogP contribution in [0.3, 0.4) is 0 Å². The summed E-state index contributed by atoms with van der Waals surface area (Å²) in [6.07, 6.45) is 1.46. The zero-order valence-electron chi connectivity index (χ0n) is 13.6. The van der Waals surface area contributed by atoms with Crippen molar-refractivity contribution in [1.82, 2.24) is 20.5 Å². The number of amides is 2. The monoisotopic (exact) mass is 354 g/mol. The molecule has 3 aromatic rings. The fourth-order valence-electron chi connectivity index (χ4n) is 2.32. The van der Waals surface area contributed by atoms with Crippen molar-refractivity contribution in [3.05, 3.63) is 57.9 Å². The first-order chi connectivity index (χ1) is 12.4. The van der Waals surface area contributed by atoms with Crippen LogP contribution in [0, 0.1) is 17.0 Å². The summed E-state index contributed by atoms with van der Waals surface area (Å²) in [5.74, 6) is -1.03. The number of carbonyl (C=O) groups is 2. The molecule has 10 heteroatoms. The summed E-state index contributed by atoms with van der Waals surface area (Å²) in [5, 5.41) is 23.4. The van der Waals surface area contributed by atoms with Crippen molar-refractivity contribution < 1.29 is 14.5 Å². The molecule has 0 saturated heterocycles. The van der Waals surface area contributed by atoms with Crippen LogP contribution in [0.15, 0.2) is 36.5 Å². The number of aromatic nitrogens is 3. The van der Waals surface area contributed by atoms with Crippen molar-refractivity contribution >= 4 is 34.2 Å². The molecule has 2 aromatic heterocycles. The molecule has 132 valence electrons. The van der Waals surface area contributed by atoms with E-state index in [1.807, 2.05) is 6.92 Å². The lowest BCUT2D eigenvalue weighted by Gasteiger charge is -2.07. The van der Waals surface area contributed by atoms with Crippen LogP contribution in [-0.2, 0) is 4.79 Å². The van der Waals surface area contributed by atoms with Gasteiger partial charge >= 0.3 is 0 Å². The van der Waals surface area contributed by atoms with Crippen LogP contribution in [0.5, 0.6) is 0 Å². The summed E-state index contributed by atoms with van der Waals surface area (Å²) in [4.78, 5) is 38.3. The van der Waals surface area contributed by atoms with Crippen molar-refractivity contribution in [2.75, 3.05) is 11.9 Å². The van der Waals surface area contributed by atoms with E-state index in [0.29, 0.717) is 11.3 Å². The molecule has 0 radical (unpaired) electrons. The van der Waals surface area contributed by atoms with Gasteiger partial charge in [-0.3, -0.25) is 24.8 Å². The number of nitro benzene ring substituents is 1. The Balaban J connectivity index is 1.61. The summed E-state index contributed by atoms with van der Waals surface area (Å²) in [6.45, 7) is 1.55. The number of carbonyl (C=O) groups excluding carboxylic acids is 2. The third-order valence-corrected chi connectivity index (χ3v) is 3.61. The van der Waals surface area contributed by atoms with Gasteiger partial charge in [0, 0.05) is 28.8 Å². The van der Waals surface area contributed by atoms with Gasteiger partial charge in [0.1, 0.15) is 0 Å². The highest BCUT2D eigenvalue weighted by atomic mass is 16.6. The predicted molar refractivity (Wildman–Crippen MR) is 92.7 cm³/mol. The van der Waals surface area contributed by atoms with Gasteiger partial charge in [-0.05, 0) is 19.1 Å². The van der Waals surface area contributed by atoms with Crippen LogP contribution in [0.25, 0.3) is 11.0 Å². The van der Waals surface area contributed by atoms with Gasteiger partial charge in [0.05, 0.1) is 23.4 Å². The van der Waals surface area contributed by atoms with Crippen molar-refractivity contribution in [3.8, 4) is 0 Å². The minimum atomic E-state index is -0.593. The summed E-state index contributed by atoms with van der Waals surface area (Å²) in [7, 11) is 0. The lowest BCUT2D eigenvalue weighted by atomic mass is 10.2. The molecule has 3 rings (SSSR count). The Bertz CT molecular complexity index is 1010. The Morgan fingerprint density at radius 2 is 2.12 bits per heavy atom. The minimum Gasteiger partial charge on any atom is -0.343 e. The van der Waals surface area contributed by atoms with E-state index < -0.39 is 16.7 Å². The SMILES string of the molecule is Cc1[nH]nc2ncc(NC(=O)CNC(=O)c3cccc([N+](=O)[O-])c3)cc12. The Labute approximate surface area is 146 Å². The van der Waals surface area contributed by atoms with Gasteiger partial charge in [0.15, 0.2) is 5.65 Å². The molecule has 0 spiro atoms. The lowest BCUT2D eigenvalue weighted by Crippen LogP contribution is -2.32. The maximum Gasteiger partial charge on any atom is 0.270 e. The number of nitrogens with zero attached hydrogens (tertiary/aromatic N) is 3. The Morgan fingerprint density at radius 1 is 1.31 bits per heavy atom. The highest BCUT2D eigenvalue weighted by molar-refractivity contribution is 6.00. The van der Waals surface area contributed by atoms with Gasteiger partial charge in [0.2, 0.25) is 5.91 Å². The van der Waals surface area contributed by atoms with Gasteiger partial charge in [-0.25, -0.2) is 4.98 Å². The Hall–Kier alpha value is -3.82.